The number of sulfone groups is 1. The monoisotopic (exact) mass is 511 g/mol. The predicted molar refractivity (Wildman–Crippen MR) is 127 cm³/mol. The molecule has 0 saturated carbocycles. The molecule has 0 atom stereocenters. The number of hydrogen-bond acceptors (Lipinski definition) is 6. The first-order valence-corrected chi connectivity index (χ1v) is 13.0. The number of thiophene rings is 1. The van der Waals surface area contributed by atoms with Crippen molar-refractivity contribution in [1.82, 2.24) is 4.98 Å². The van der Waals surface area contributed by atoms with E-state index in [0.717, 1.165) is 16.7 Å². The van der Waals surface area contributed by atoms with E-state index < -0.39 is 21.7 Å². The Morgan fingerprint density at radius 3 is 2.61 bits per heavy atom. The number of carbonyl (C=O) groups excluding carboxylic acids is 1. The standard InChI is InChI=1S/C22H20ClF2N3O3S2/c1-13-18(19-4-3-16(11-26-19)28-6-5-22(24,25)12-28)10-20(32-13)21(29)27-15-7-14(23)8-17(9-15)33(2,30)31/h3-4,7-11H,5-6,12H2,1-2H3,(H,27,29). The second kappa shape index (κ2) is 8.66. The lowest BCUT2D eigenvalue weighted by atomic mass is 10.1. The van der Waals surface area contributed by atoms with E-state index in [-0.39, 0.29) is 35.1 Å². The number of hydrogen-bond donors (Lipinski definition) is 1. The normalized spacial score (nSPS) is 15.6. The number of pyridine rings is 1. The fourth-order valence-corrected chi connectivity index (χ4v) is 5.48. The Morgan fingerprint density at radius 2 is 2.00 bits per heavy atom. The van der Waals surface area contributed by atoms with Gasteiger partial charge in [0.1, 0.15) is 0 Å². The molecule has 1 saturated heterocycles. The first-order valence-electron chi connectivity index (χ1n) is 9.93. The van der Waals surface area contributed by atoms with Crippen LogP contribution in [-0.2, 0) is 9.84 Å². The molecule has 3 aromatic rings. The number of halogens is 3. The van der Waals surface area contributed by atoms with Crippen LogP contribution in [0.1, 0.15) is 21.0 Å². The molecule has 2 aromatic heterocycles. The molecule has 1 aromatic carbocycles. The highest BCUT2D eigenvalue weighted by Crippen LogP contribution is 2.34. The molecule has 3 heterocycles. The van der Waals surface area contributed by atoms with Crippen LogP contribution in [0.4, 0.5) is 20.2 Å². The second-order valence-electron chi connectivity index (χ2n) is 7.91. The molecule has 1 fully saturated rings. The van der Waals surface area contributed by atoms with E-state index in [9.17, 15) is 22.0 Å². The number of nitrogens with zero attached hydrogens (tertiary/aromatic N) is 2. The SMILES string of the molecule is Cc1sc(C(=O)Nc2cc(Cl)cc(S(C)(=O)=O)c2)cc1-c1ccc(N2CCC(F)(F)C2)cn1. The Morgan fingerprint density at radius 1 is 1.24 bits per heavy atom. The topological polar surface area (TPSA) is 79.4 Å². The number of benzene rings is 1. The quantitative estimate of drug-likeness (QED) is 0.504. The Hall–Kier alpha value is -2.56. The van der Waals surface area contributed by atoms with Crippen LogP contribution in [-0.4, -0.2) is 44.6 Å². The van der Waals surface area contributed by atoms with E-state index >= 15 is 0 Å². The van der Waals surface area contributed by atoms with Gasteiger partial charge in [-0.3, -0.25) is 9.78 Å². The zero-order valence-corrected chi connectivity index (χ0v) is 20.1. The van der Waals surface area contributed by atoms with Gasteiger partial charge in [-0.2, -0.15) is 0 Å². The maximum Gasteiger partial charge on any atom is 0.266 e. The van der Waals surface area contributed by atoms with Gasteiger partial charge in [-0.1, -0.05) is 11.6 Å². The summed E-state index contributed by atoms with van der Waals surface area (Å²) in [5.41, 5.74) is 2.28. The number of anilines is 2. The van der Waals surface area contributed by atoms with Crippen molar-refractivity contribution in [2.75, 3.05) is 29.6 Å². The molecular weight excluding hydrogens is 492 g/mol. The fraction of sp³-hybridized carbons (Fsp3) is 0.273. The zero-order chi connectivity index (χ0) is 24.0. The van der Waals surface area contributed by atoms with Gasteiger partial charge in [0, 0.05) is 40.4 Å². The molecule has 0 radical (unpaired) electrons. The van der Waals surface area contributed by atoms with Crippen molar-refractivity contribution in [3.05, 3.63) is 57.4 Å². The third-order valence-electron chi connectivity index (χ3n) is 5.26. The van der Waals surface area contributed by atoms with Crippen LogP contribution in [0.5, 0.6) is 0 Å². The van der Waals surface area contributed by atoms with Gasteiger partial charge in [-0.05, 0) is 43.3 Å². The number of alkyl halides is 2. The summed E-state index contributed by atoms with van der Waals surface area (Å²) in [4.78, 5) is 20.1. The maximum absolute atomic E-state index is 13.5. The number of rotatable bonds is 5. The van der Waals surface area contributed by atoms with Gasteiger partial charge in [0.2, 0.25) is 0 Å². The molecule has 174 valence electrons. The van der Waals surface area contributed by atoms with Crippen LogP contribution in [0.25, 0.3) is 11.3 Å². The number of amides is 1. The minimum atomic E-state index is -3.49. The smallest absolute Gasteiger partial charge is 0.266 e. The van der Waals surface area contributed by atoms with E-state index in [0.29, 0.717) is 16.3 Å². The highest BCUT2D eigenvalue weighted by atomic mass is 35.5. The number of carbonyl (C=O) groups is 1. The number of aromatic nitrogens is 1. The molecule has 0 bridgehead atoms. The lowest BCUT2D eigenvalue weighted by Crippen LogP contribution is -2.24. The summed E-state index contributed by atoms with van der Waals surface area (Å²) in [5, 5.41) is 2.87. The molecule has 11 heteroatoms. The van der Waals surface area contributed by atoms with E-state index in [1.807, 2.05) is 6.92 Å². The lowest BCUT2D eigenvalue weighted by Gasteiger charge is -2.17. The predicted octanol–water partition coefficient (Wildman–Crippen LogP) is 5.27. The Bertz CT molecular complexity index is 1330. The van der Waals surface area contributed by atoms with Crippen LogP contribution in [0.15, 0.2) is 47.5 Å². The van der Waals surface area contributed by atoms with Crippen molar-refractivity contribution in [2.24, 2.45) is 0 Å². The van der Waals surface area contributed by atoms with E-state index in [2.05, 4.69) is 10.3 Å². The van der Waals surface area contributed by atoms with Gasteiger partial charge in [0.25, 0.3) is 11.8 Å². The largest absolute Gasteiger partial charge is 0.364 e. The van der Waals surface area contributed by atoms with Crippen molar-refractivity contribution in [3.8, 4) is 11.3 Å². The second-order valence-corrected chi connectivity index (χ2v) is 11.6. The third-order valence-corrected chi connectivity index (χ3v) is 7.62. The van der Waals surface area contributed by atoms with Crippen LogP contribution in [0, 0.1) is 6.92 Å². The van der Waals surface area contributed by atoms with Crippen LogP contribution >= 0.6 is 22.9 Å². The van der Waals surface area contributed by atoms with Crippen molar-refractivity contribution >= 4 is 50.1 Å². The van der Waals surface area contributed by atoms with Gasteiger partial charge in [0.15, 0.2) is 9.84 Å². The van der Waals surface area contributed by atoms with Crippen molar-refractivity contribution in [2.45, 2.75) is 24.2 Å². The van der Waals surface area contributed by atoms with E-state index in [1.165, 1.54) is 29.5 Å². The summed E-state index contributed by atoms with van der Waals surface area (Å²) in [7, 11) is -3.49. The molecule has 33 heavy (non-hydrogen) atoms. The Kier molecular flexibility index (Phi) is 6.19. The fourth-order valence-electron chi connectivity index (χ4n) is 3.58. The first kappa shape index (κ1) is 23.6. The van der Waals surface area contributed by atoms with Gasteiger partial charge >= 0.3 is 0 Å². The van der Waals surface area contributed by atoms with Gasteiger partial charge in [0.05, 0.1) is 33.9 Å². The molecule has 1 amide bonds. The average molecular weight is 512 g/mol. The van der Waals surface area contributed by atoms with Gasteiger partial charge < -0.3 is 10.2 Å². The molecule has 0 aliphatic carbocycles. The maximum atomic E-state index is 13.5. The summed E-state index contributed by atoms with van der Waals surface area (Å²) in [6.45, 7) is 1.81. The summed E-state index contributed by atoms with van der Waals surface area (Å²) in [6.07, 6.45) is 2.45. The number of aryl methyl sites for hydroxylation is 1. The Balaban J connectivity index is 1.53. The molecule has 1 aliphatic heterocycles. The zero-order valence-electron chi connectivity index (χ0n) is 17.7. The van der Waals surface area contributed by atoms with Crippen LogP contribution in [0.3, 0.4) is 0 Å². The third kappa shape index (κ3) is 5.34. The van der Waals surface area contributed by atoms with E-state index in [1.54, 1.807) is 29.3 Å². The molecule has 1 aliphatic rings. The molecule has 0 spiro atoms. The minimum Gasteiger partial charge on any atom is -0.364 e. The lowest BCUT2D eigenvalue weighted by molar-refractivity contribution is 0.0257. The number of nitrogens with one attached hydrogen (secondary N) is 1. The summed E-state index contributed by atoms with van der Waals surface area (Å²) in [6, 6.07) is 9.33. The summed E-state index contributed by atoms with van der Waals surface area (Å²) in [5.74, 6) is -3.09. The highest BCUT2D eigenvalue weighted by molar-refractivity contribution is 7.90. The Labute approximate surface area is 199 Å². The summed E-state index contributed by atoms with van der Waals surface area (Å²) >= 11 is 7.27. The average Bonchev–Trinajstić information content (AvgIpc) is 3.29. The van der Waals surface area contributed by atoms with Crippen LogP contribution < -0.4 is 10.2 Å². The van der Waals surface area contributed by atoms with Crippen molar-refractivity contribution < 1.29 is 22.0 Å². The first-order chi connectivity index (χ1) is 15.4. The molecule has 6 nitrogen and oxygen atoms in total. The summed E-state index contributed by atoms with van der Waals surface area (Å²) < 4.78 is 50.6. The molecule has 0 unspecified atom stereocenters. The molecular formula is C22H20ClF2N3O3S2. The van der Waals surface area contributed by atoms with Gasteiger partial charge in [-0.15, -0.1) is 11.3 Å². The van der Waals surface area contributed by atoms with Gasteiger partial charge in [-0.25, -0.2) is 17.2 Å². The van der Waals surface area contributed by atoms with Crippen LogP contribution in [0.2, 0.25) is 5.02 Å². The van der Waals surface area contributed by atoms with Crippen molar-refractivity contribution in [1.29, 1.82) is 0 Å². The highest BCUT2D eigenvalue weighted by Gasteiger charge is 2.38. The molecule has 1 N–H and O–H groups in total. The van der Waals surface area contributed by atoms with Crippen molar-refractivity contribution in [3.63, 3.8) is 0 Å². The molecule has 4 rings (SSSR count). The van der Waals surface area contributed by atoms with E-state index in [4.69, 9.17) is 11.6 Å². The minimum absolute atomic E-state index is 0.00778.